The van der Waals surface area contributed by atoms with Crippen LogP contribution in [-0.4, -0.2) is 15.8 Å². The third-order valence-corrected chi connectivity index (χ3v) is 3.35. The molecule has 0 atom stereocenters. The smallest absolute Gasteiger partial charge is 0.212 e. The number of carbonyl (C=O) groups is 1. The summed E-state index contributed by atoms with van der Waals surface area (Å²) in [5.74, 6) is -0.113. The predicted octanol–water partition coefficient (Wildman–Crippen LogP) is 3.62. The predicted molar refractivity (Wildman–Crippen MR) is 77.1 cm³/mol. The van der Waals surface area contributed by atoms with Crippen molar-refractivity contribution in [1.82, 2.24) is 9.97 Å². The number of hydrogen-bond acceptors (Lipinski definition) is 3. The van der Waals surface area contributed by atoms with Crippen LogP contribution in [0.4, 0.5) is 0 Å². The van der Waals surface area contributed by atoms with Gasteiger partial charge in [0.1, 0.15) is 5.69 Å². The van der Waals surface area contributed by atoms with Crippen molar-refractivity contribution in [2.24, 2.45) is 0 Å². The van der Waals surface area contributed by atoms with E-state index in [0.717, 1.165) is 15.2 Å². The zero-order valence-corrected chi connectivity index (χ0v) is 11.5. The van der Waals surface area contributed by atoms with Gasteiger partial charge in [-0.25, -0.2) is 4.98 Å². The maximum absolute atomic E-state index is 12.2. The molecule has 1 aromatic heterocycles. The molecule has 2 aromatic carbocycles. The van der Waals surface area contributed by atoms with Crippen molar-refractivity contribution in [2.45, 2.75) is 0 Å². The average Bonchev–Trinajstić information content (AvgIpc) is 2.47. The lowest BCUT2D eigenvalue weighted by atomic mass is 10.0. The molecule has 0 aliphatic heterocycles. The third kappa shape index (κ3) is 2.39. The minimum absolute atomic E-state index is 0.113. The standard InChI is InChI=1S/C15H9BrN2O/c16-13-4-3-10-7-12(2-1-11(10)8-13)15(19)14-9-17-5-6-18-14/h1-9H. The molecule has 0 radical (unpaired) electrons. The zero-order chi connectivity index (χ0) is 13.2. The highest BCUT2D eigenvalue weighted by Gasteiger charge is 2.10. The van der Waals surface area contributed by atoms with E-state index in [4.69, 9.17) is 0 Å². The Morgan fingerprint density at radius 3 is 2.58 bits per heavy atom. The lowest BCUT2D eigenvalue weighted by molar-refractivity contribution is 0.103. The van der Waals surface area contributed by atoms with Crippen molar-refractivity contribution in [1.29, 1.82) is 0 Å². The third-order valence-electron chi connectivity index (χ3n) is 2.86. The van der Waals surface area contributed by atoms with E-state index in [0.29, 0.717) is 11.3 Å². The highest BCUT2D eigenvalue weighted by molar-refractivity contribution is 9.10. The number of rotatable bonds is 2. The van der Waals surface area contributed by atoms with E-state index in [2.05, 4.69) is 25.9 Å². The summed E-state index contributed by atoms with van der Waals surface area (Å²) in [6.07, 6.45) is 4.55. The van der Waals surface area contributed by atoms with Gasteiger partial charge >= 0.3 is 0 Å². The molecule has 4 heteroatoms. The van der Waals surface area contributed by atoms with E-state index in [1.54, 1.807) is 6.20 Å². The van der Waals surface area contributed by atoms with Crippen LogP contribution in [0.1, 0.15) is 16.1 Å². The van der Waals surface area contributed by atoms with Gasteiger partial charge in [-0.1, -0.05) is 34.1 Å². The van der Waals surface area contributed by atoms with Gasteiger partial charge < -0.3 is 0 Å². The van der Waals surface area contributed by atoms with Crippen LogP contribution in [0.25, 0.3) is 10.8 Å². The minimum atomic E-state index is -0.113. The summed E-state index contributed by atoms with van der Waals surface area (Å²) in [4.78, 5) is 20.2. The fourth-order valence-electron chi connectivity index (χ4n) is 1.92. The van der Waals surface area contributed by atoms with Crippen molar-refractivity contribution in [2.75, 3.05) is 0 Å². The minimum Gasteiger partial charge on any atom is -0.287 e. The van der Waals surface area contributed by atoms with Crippen molar-refractivity contribution in [3.63, 3.8) is 0 Å². The highest BCUT2D eigenvalue weighted by atomic mass is 79.9. The Hall–Kier alpha value is -2.07. The van der Waals surface area contributed by atoms with Crippen molar-refractivity contribution in [3.05, 3.63) is 70.7 Å². The second-order valence-electron chi connectivity index (χ2n) is 4.13. The highest BCUT2D eigenvalue weighted by Crippen LogP contribution is 2.21. The summed E-state index contributed by atoms with van der Waals surface area (Å²) < 4.78 is 1.02. The van der Waals surface area contributed by atoms with Crippen LogP contribution in [0.3, 0.4) is 0 Å². The van der Waals surface area contributed by atoms with Gasteiger partial charge in [0.25, 0.3) is 0 Å². The molecule has 92 valence electrons. The van der Waals surface area contributed by atoms with E-state index in [9.17, 15) is 4.79 Å². The molecule has 0 saturated carbocycles. The summed E-state index contributed by atoms with van der Waals surface area (Å²) in [7, 11) is 0. The first-order valence-corrected chi connectivity index (χ1v) is 6.53. The van der Waals surface area contributed by atoms with Crippen LogP contribution in [0.15, 0.2) is 59.5 Å². The zero-order valence-electron chi connectivity index (χ0n) is 9.88. The van der Waals surface area contributed by atoms with Gasteiger partial charge in [-0.3, -0.25) is 9.78 Å². The van der Waals surface area contributed by atoms with Crippen LogP contribution >= 0.6 is 15.9 Å². The number of hydrogen-bond donors (Lipinski definition) is 0. The normalized spacial score (nSPS) is 10.6. The molecule has 3 rings (SSSR count). The van der Waals surface area contributed by atoms with E-state index >= 15 is 0 Å². The fraction of sp³-hybridized carbons (Fsp3) is 0. The first-order chi connectivity index (χ1) is 9.24. The van der Waals surface area contributed by atoms with Gasteiger partial charge in [0, 0.05) is 22.4 Å². The van der Waals surface area contributed by atoms with E-state index in [-0.39, 0.29) is 5.78 Å². The lowest BCUT2D eigenvalue weighted by Crippen LogP contribution is -2.04. The molecular formula is C15H9BrN2O. The second kappa shape index (κ2) is 4.90. The first-order valence-electron chi connectivity index (χ1n) is 5.74. The Kier molecular flexibility index (Phi) is 3.09. The number of halogens is 1. The molecule has 19 heavy (non-hydrogen) atoms. The summed E-state index contributed by atoms with van der Waals surface area (Å²) >= 11 is 3.43. The lowest BCUT2D eigenvalue weighted by Gasteiger charge is -2.03. The SMILES string of the molecule is O=C(c1ccc2cc(Br)ccc2c1)c1cnccn1. The molecule has 3 aromatic rings. The van der Waals surface area contributed by atoms with Gasteiger partial charge in [-0.2, -0.15) is 0 Å². The topological polar surface area (TPSA) is 42.9 Å². The average molecular weight is 313 g/mol. The van der Waals surface area contributed by atoms with Gasteiger partial charge in [0.15, 0.2) is 0 Å². The molecule has 0 amide bonds. The van der Waals surface area contributed by atoms with Crippen LogP contribution in [0, 0.1) is 0 Å². The number of carbonyl (C=O) groups excluding carboxylic acids is 1. The molecule has 3 nitrogen and oxygen atoms in total. The Bertz CT molecular complexity index is 756. The molecule has 0 fully saturated rings. The molecule has 0 unspecified atom stereocenters. The number of aromatic nitrogens is 2. The summed E-state index contributed by atoms with van der Waals surface area (Å²) in [6.45, 7) is 0. The Balaban J connectivity index is 2.07. The van der Waals surface area contributed by atoms with E-state index in [1.807, 2.05) is 36.4 Å². The quantitative estimate of drug-likeness (QED) is 0.679. The molecule has 0 bridgehead atoms. The Morgan fingerprint density at radius 1 is 1.00 bits per heavy atom. The van der Waals surface area contributed by atoms with E-state index in [1.165, 1.54) is 12.4 Å². The molecule has 0 saturated heterocycles. The molecule has 1 heterocycles. The van der Waals surface area contributed by atoms with Gasteiger partial charge in [0.2, 0.25) is 5.78 Å². The van der Waals surface area contributed by atoms with Crippen LogP contribution < -0.4 is 0 Å². The molecule has 0 N–H and O–H groups in total. The van der Waals surface area contributed by atoms with E-state index < -0.39 is 0 Å². The largest absolute Gasteiger partial charge is 0.287 e. The maximum atomic E-state index is 12.2. The van der Waals surface area contributed by atoms with Gasteiger partial charge in [0.05, 0.1) is 6.20 Å². The van der Waals surface area contributed by atoms with Crippen molar-refractivity contribution >= 4 is 32.5 Å². The van der Waals surface area contributed by atoms with Crippen LogP contribution in [0.5, 0.6) is 0 Å². The van der Waals surface area contributed by atoms with Crippen molar-refractivity contribution < 1.29 is 4.79 Å². The number of nitrogens with zero attached hydrogens (tertiary/aromatic N) is 2. The van der Waals surface area contributed by atoms with Crippen LogP contribution in [0.2, 0.25) is 0 Å². The monoisotopic (exact) mass is 312 g/mol. The first kappa shape index (κ1) is 12.0. The Morgan fingerprint density at radius 2 is 1.79 bits per heavy atom. The molecule has 0 aliphatic rings. The fourth-order valence-corrected chi connectivity index (χ4v) is 2.30. The van der Waals surface area contributed by atoms with Crippen molar-refractivity contribution in [3.8, 4) is 0 Å². The van der Waals surface area contributed by atoms with Gasteiger partial charge in [-0.15, -0.1) is 0 Å². The maximum Gasteiger partial charge on any atom is 0.212 e. The second-order valence-corrected chi connectivity index (χ2v) is 5.04. The molecular weight excluding hydrogens is 304 g/mol. The number of ketones is 1. The summed E-state index contributed by atoms with van der Waals surface area (Å²) in [5, 5.41) is 2.11. The molecule has 0 aliphatic carbocycles. The summed E-state index contributed by atoms with van der Waals surface area (Å²) in [5.41, 5.74) is 0.981. The number of benzene rings is 2. The van der Waals surface area contributed by atoms with Crippen LogP contribution in [-0.2, 0) is 0 Å². The molecule has 0 spiro atoms. The van der Waals surface area contributed by atoms with Gasteiger partial charge in [-0.05, 0) is 29.0 Å². The number of fused-ring (bicyclic) bond motifs is 1. The summed E-state index contributed by atoms with van der Waals surface area (Å²) in [6, 6.07) is 11.6. The Labute approximate surface area is 118 Å².